The summed E-state index contributed by atoms with van der Waals surface area (Å²) in [6, 6.07) is 12.8. The van der Waals surface area contributed by atoms with E-state index in [1.807, 2.05) is 30.3 Å². The second kappa shape index (κ2) is 7.91. The summed E-state index contributed by atoms with van der Waals surface area (Å²) in [4.78, 5) is 48.9. The largest absolute Gasteiger partial charge is 0.491 e. The minimum absolute atomic E-state index is 0.0701. The average Bonchev–Trinajstić information content (AvgIpc) is 3.05. The molecule has 1 aliphatic heterocycles. The first-order chi connectivity index (χ1) is 15.3. The molecule has 4 rings (SSSR count). The van der Waals surface area contributed by atoms with E-state index in [1.165, 1.54) is 19.2 Å². The van der Waals surface area contributed by atoms with Crippen molar-refractivity contribution in [2.24, 2.45) is 0 Å². The number of methoxy groups -OCH3 is 1. The maximum atomic E-state index is 12.9. The van der Waals surface area contributed by atoms with Gasteiger partial charge in [-0.2, -0.15) is 0 Å². The van der Waals surface area contributed by atoms with Crippen molar-refractivity contribution in [2.75, 3.05) is 12.8 Å². The predicted molar refractivity (Wildman–Crippen MR) is 113 cm³/mol. The van der Waals surface area contributed by atoms with Gasteiger partial charge in [0.15, 0.2) is 11.5 Å². The summed E-state index contributed by atoms with van der Waals surface area (Å²) < 4.78 is 12.1. The fraction of sp³-hybridized carbons (Fsp3) is 0.0909. The van der Waals surface area contributed by atoms with Crippen molar-refractivity contribution in [1.82, 2.24) is 9.88 Å². The summed E-state index contributed by atoms with van der Waals surface area (Å²) in [6.07, 6.45) is 0. The van der Waals surface area contributed by atoms with Crippen LogP contribution in [-0.4, -0.2) is 34.6 Å². The third kappa shape index (κ3) is 3.33. The number of carboxylic acids is 1. The van der Waals surface area contributed by atoms with Gasteiger partial charge in [-0.1, -0.05) is 30.3 Å². The standard InChI is InChI=1S/C22H17N3O7/c1-31-18-14(32-10-11-5-3-2-4-6-11)8-7-12(22(29)30)17(18)25-15(26)9-13-16(19(25)23)21(28)24-20(13)27/h2-9H,10,23H2,1H3,(H,29,30)(H,24,27,28). The van der Waals surface area contributed by atoms with Crippen LogP contribution in [0.2, 0.25) is 0 Å². The average molecular weight is 435 g/mol. The number of hydrogen-bond acceptors (Lipinski definition) is 7. The first-order valence-corrected chi connectivity index (χ1v) is 9.36. The van der Waals surface area contributed by atoms with Crippen molar-refractivity contribution in [1.29, 1.82) is 0 Å². The number of nitrogens with zero attached hydrogens (tertiary/aromatic N) is 1. The highest BCUT2D eigenvalue weighted by Crippen LogP contribution is 2.38. The maximum Gasteiger partial charge on any atom is 0.337 e. The second-order valence-corrected chi connectivity index (χ2v) is 6.85. The van der Waals surface area contributed by atoms with Crippen LogP contribution in [0, 0.1) is 0 Å². The topological polar surface area (TPSA) is 150 Å². The lowest BCUT2D eigenvalue weighted by molar-refractivity contribution is 0.0695. The second-order valence-electron chi connectivity index (χ2n) is 6.85. The van der Waals surface area contributed by atoms with Crippen LogP contribution >= 0.6 is 0 Å². The van der Waals surface area contributed by atoms with Gasteiger partial charge in [-0.05, 0) is 17.7 Å². The zero-order valence-electron chi connectivity index (χ0n) is 16.7. The Kier molecular flexibility index (Phi) is 5.11. The summed E-state index contributed by atoms with van der Waals surface area (Å²) in [6.45, 7) is 0.147. The number of nitrogens with two attached hydrogens (primary N) is 1. The number of amides is 2. The van der Waals surface area contributed by atoms with Crippen LogP contribution in [0.15, 0.2) is 53.3 Å². The lowest BCUT2D eigenvalue weighted by Gasteiger charge is -2.20. The number of aromatic carboxylic acids is 1. The van der Waals surface area contributed by atoms with Crippen LogP contribution in [-0.2, 0) is 6.61 Å². The molecule has 0 bridgehead atoms. The monoisotopic (exact) mass is 435 g/mol. The molecule has 0 saturated carbocycles. The number of carboxylic acid groups (broad SMARTS) is 1. The molecule has 10 nitrogen and oxygen atoms in total. The molecule has 0 unspecified atom stereocenters. The molecule has 0 spiro atoms. The van der Waals surface area contributed by atoms with Crippen molar-refractivity contribution in [3.05, 3.63) is 81.1 Å². The number of carbonyl (C=O) groups excluding carboxylic acids is 2. The lowest BCUT2D eigenvalue weighted by Crippen LogP contribution is -2.26. The summed E-state index contributed by atoms with van der Waals surface area (Å²) in [5, 5.41) is 11.8. The Morgan fingerprint density at radius 3 is 2.47 bits per heavy atom. The Labute approximate surface area is 180 Å². The van der Waals surface area contributed by atoms with Gasteiger partial charge in [0.25, 0.3) is 17.4 Å². The highest BCUT2D eigenvalue weighted by Gasteiger charge is 2.33. The SMILES string of the molecule is COc1c(OCc2ccccc2)ccc(C(=O)O)c1-n1c(N)c2c(cc1=O)C(=O)NC2=O. The van der Waals surface area contributed by atoms with Gasteiger partial charge >= 0.3 is 5.97 Å². The van der Waals surface area contributed by atoms with E-state index in [0.29, 0.717) is 0 Å². The number of imide groups is 1. The van der Waals surface area contributed by atoms with E-state index < -0.39 is 29.2 Å². The van der Waals surface area contributed by atoms with E-state index in [1.54, 1.807) is 0 Å². The van der Waals surface area contributed by atoms with Gasteiger partial charge in [-0.15, -0.1) is 0 Å². The molecule has 0 fully saturated rings. The summed E-state index contributed by atoms with van der Waals surface area (Å²) in [7, 11) is 1.28. The molecule has 32 heavy (non-hydrogen) atoms. The third-order valence-electron chi connectivity index (χ3n) is 4.94. The van der Waals surface area contributed by atoms with Gasteiger partial charge in [0, 0.05) is 6.07 Å². The van der Waals surface area contributed by atoms with Gasteiger partial charge in [0.2, 0.25) is 0 Å². The van der Waals surface area contributed by atoms with Crippen LogP contribution in [0.4, 0.5) is 5.82 Å². The summed E-state index contributed by atoms with van der Waals surface area (Å²) in [5.74, 6) is -3.21. The molecule has 4 N–H and O–H groups in total. The van der Waals surface area contributed by atoms with Crippen molar-refractivity contribution in [2.45, 2.75) is 6.61 Å². The molecular weight excluding hydrogens is 418 g/mol. The van der Waals surface area contributed by atoms with E-state index in [9.17, 15) is 24.3 Å². The molecule has 0 atom stereocenters. The van der Waals surface area contributed by atoms with Gasteiger partial charge in [-0.25, -0.2) is 4.79 Å². The van der Waals surface area contributed by atoms with E-state index in [2.05, 4.69) is 5.32 Å². The fourth-order valence-corrected chi connectivity index (χ4v) is 3.50. The Bertz CT molecular complexity index is 1330. The molecule has 1 aromatic heterocycles. The maximum absolute atomic E-state index is 12.9. The van der Waals surface area contributed by atoms with Gasteiger partial charge in [0.05, 0.1) is 23.8 Å². The smallest absolute Gasteiger partial charge is 0.337 e. The first kappa shape index (κ1) is 20.7. The molecule has 0 aliphatic carbocycles. The molecule has 2 amide bonds. The summed E-state index contributed by atoms with van der Waals surface area (Å²) >= 11 is 0. The molecule has 0 saturated heterocycles. The van der Waals surface area contributed by atoms with E-state index in [-0.39, 0.29) is 40.5 Å². The molecule has 10 heteroatoms. The number of nitrogens with one attached hydrogen (secondary N) is 1. The van der Waals surface area contributed by atoms with E-state index >= 15 is 0 Å². The van der Waals surface area contributed by atoms with Crippen LogP contribution in [0.3, 0.4) is 0 Å². The highest BCUT2D eigenvalue weighted by atomic mass is 16.5. The Hall–Kier alpha value is -4.60. The number of ether oxygens (including phenoxy) is 2. The molecule has 2 heterocycles. The zero-order chi connectivity index (χ0) is 23.0. The third-order valence-corrected chi connectivity index (χ3v) is 4.94. The van der Waals surface area contributed by atoms with Crippen LogP contribution < -0.4 is 26.1 Å². The molecule has 162 valence electrons. The fourth-order valence-electron chi connectivity index (χ4n) is 3.50. The number of carbonyl (C=O) groups is 3. The van der Waals surface area contributed by atoms with Crippen LogP contribution in [0.5, 0.6) is 11.5 Å². The van der Waals surface area contributed by atoms with Crippen molar-refractivity contribution >= 4 is 23.6 Å². The van der Waals surface area contributed by atoms with E-state index in [0.717, 1.165) is 16.2 Å². The number of hydrogen-bond donors (Lipinski definition) is 3. The highest BCUT2D eigenvalue weighted by molar-refractivity contribution is 6.23. The van der Waals surface area contributed by atoms with Gasteiger partial charge in [-0.3, -0.25) is 24.3 Å². The molecule has 3 aromatic rings. The predicted octanol–water partition coefficient (Wildman–Crippen LogP) is 1.59. The zero-order valence-corrected chi connectivity index (χ0v) is 16.7. The van der Waals surface area contributed by atoms with Crippen molar-refractivity contribution in [3.63, 3.8) is 0 Å². The number of rotatable bonds is 6. The van der Waals surface area contributed by atoms with E-state index in [4.69, 9.17) is 15.2 Å². The Balaban J connectivity index is 1.93. The molecule has 2 aromatic carbocycles. The number of nitrogen functional groups attached to an aromatic ring is 1. The van der Waals surface area contributed by atoms with Crippen LogP contribution in [0.25, 0.3) is 5.69 Å². The number of anilines is 1. The van der Waals surface area contributed by atoms with Crippen molar-refractivity contribution < 1.29 is 29.0 Å². The minimum Gasteiger partial charge on any atom is -0.491 e. The Morgan fingerprint density at radius 2 is 1.81 bits per heavy atom. The minimum atomic E-state index is -1.36. The van der Waals surface area contributed by atoms with Gasteiger partial charge < -0.3 is 20.3 Å². The molecular formula is C22H17N3O7. The lowest BCUT2D eigenvalue weighted by atomic mass is 10.1. The number of aromatic nitrogens is 1. The molecule has 1 aliphatic rings. The normalized spacial score (nSPS) is 12.3. The van der Waals surface area contributed by atoms with Crippen molar-refractivity contribution in [3.8, 4) is 17.2 Å². The quantitative estimate of drug-likeness (QED) is 0.494. The number of pyridine rings is 1. The number of benzene rings is 2. The van der Waals surface area contributed by atoms with Gasteiger partial charge in [0.1, 0.15) is 18.1 Å². The Morgan fingerprint density at radius 1 is 1.09 bits per heavy atom. The first-order valence-electron chi connectivity index (χ1n) is 9.36. The van der Waals surface area contributed by atoms with Crippen LogP contribution in [0.1, 0.15) is 36.6 Å². The number of fused-ring (bicyclic) bond motifs is 1. The molecule has 0 radical (unpaired) electrons. The summed E-state index contributed by atoms with van der Waals surface area (Å²) in [5.41, 5.74) is 5.19.